The Hall–Kier alpha value is -0.520. The third kappa shape index (κ3) is 3.72. The topological polar surface area (TPSA) is 58.3 Å². The first kappa shape index (κ1) is 14.5. The fraction of sp³-hybridized carbons (Fsp3) is 0.750. The standard InChI is InChI=1S/C12H22N2O2S/c1-3-4-5-6-7-14-11(9-16)10(8-15)13-12(14)17-2/h15-16H,3-9H2,1-2H3. The Balaban J connectivity index is 2.76. The number of imidazole rings is 1. The monoisotopic (exact) mass is 258 g/mol. The van der Waals surface area contributed by atoms with E-state index in [2.05, 4.69) is 11.9 Å². The molecule has 0 aliphatic carbocycles. The van der Waals surface area contributed by atoms with Gasteiger partial charge in [0.05, 0.1) is 24.6 Å². The molecule has 2 N–H and O–H groups in total. The summed E-state index contributed by atoms with van der Waals surface area (Å²) in [4.78, 5) is 4.33. The molecule has 0 bridgehead atoms. The van der Waals surface area contributed by atoms with Crippen molar-refractivity contribution in [3.8, 4) is 0 Å². The maximum atomic E-state index is 9.36. The highest BCUT2D eigenvalue weighted by Crippen LogP contribution is 2.21. The molecule has 4 nitrogen and oxygen atoms in total. The van der Waals surface area contributed by atoms with Gasteiger partial charge in [-0.3, -0.25) is 0 Å². The van der Waals surface area contributed by atoms with Crippen LogP contribution in [0.1, 0.15) is 44.0 Å². The predicted molar refractivity (Wildman–Crippen MR) is 70.0 cm³/mol. The molecule has 0 amide bonds. The van der Waals surface area contributed by atoms with Gasteiger partial charge >= 0.3 is 0 Å². The molecule has 0 aliphatic rings. The van der Waals surface area contributed by atoms with Crippen LogP contribution in [0.25, 0.3) is 0 Å². The Morgan fingerprint density at radius 2 is 1.94 bits per heavy atom. The predicted octanol–water partition coefficient (Wildman–Crippen LogP) is 2.17. The van der Waals surface area contributed by atoms with Crippen molar-refractivity contribution in [1.29, 1.82) is 0 Å². The second-order valence-electron chi connectivity index (χ2n) is 4.02. The number of unbranched alkanes of at least 4 members (excludes halogenated alkanes) is 3. The van der Waals surface area contributed by atoms with E-state index in [9.17, 15) is 10.2 Å². The number of aliphatic hydroxyl groups excluding tert-OH is 2. The molecule has 0 fully saturated rings. The maximum absolute atomic E-state index is 9.36. The molecule has 1 rings (SSSR count). The van der Waals surface area contributed by atoms with Crippen molar-refractivity contribution in [3.63, 3.8) is 0 Å². The Morgan fingerprint density at radius 3 is 2.47 bits per heavy atom. The number of aliphatic hydroxyl groups is 2. The average molecular weight is 258 g/mol. The fourth-order valence-corrected chi connectivity index (χ4v) is 2.52. The van der Waals surface area contributed by atoms with Crippen molar-refractivity contribution in [3.05, 3.63) is 11.4 Å². The van der Waals surface area contributed by atoms with E-state index in [0.717, 1.165) is 23.8 Å². The maximum Gasteiger partial charge on any atom is 0.168 e. The SMILES string of the molecule is CCCCCCn1c(SC)nc(CO)c1CO. The van der Waals surface area contributed by atoms with E-state index in [1.165, 1.54) is 19.3 Å². The Morgan fingerprint density at radius 1 is 1.18 bits per heavy atom. The minimum absolute atomic E-state index is 0.0583. The minimum Gasteiger partial charge on any atom is -0.390 e. The van der Waals surface area contributed by atoms with Crippen LogP contribution in [0.2, 0.25) is 0 Å². The molecule has 0 aromatic carbocycles. The van der Waals surface area contributed by atoms with Crippen molar-refractivity contribution in [2.24, 2.45) is 0 Å². The molecule has 1 aromatic rings. The summed E-state index contributed by atoms with van der Waals surface area (Å²) in [6.07, 6.45) is 6.71. The van der Waals surface area contributed by atoms with Crippen LogP contribution >= 0.6 is 11.8 Å². The number of hydrogen-bond donors (Lipinski definition) is 2. The molecular weight excluding hydrogens is 236 g/mol. The van der Waals surface area contributed by atoms with Crippen LogP contribution in [0.4, 0.5) is 0 Å². The van der Waals surface area contributed by atoms with Crippen molar-refractivity contribution in [2.45, 2.75) is 57.5 Å². The normalized spacial score (nSPS) is 11.1. The summed E-state index contributed by atoms with van der Waals surface area (Å²) in [5.74, 6) is 0. The molecule has 0 radical (unpaired) electrons. The van der Waals surface area contributed by atoms with Gasteiger partial charge in [0.25, 0.3) is 0 Å². The summed E-state index contributed by atoms with van der Waals surface area (Å²) in [5, 5.41) is 19.4. The van der Waals surface area contributed by atoms with Crippen molar-refractivity contribution >= 4 is 11.8 Å². The zero-order valence-corrected chi connectivity index (χ0v) is 11.5. The van der Waals surface area contributed by atoms with E-state index in [4.69, 9.17) is 0 Å². The highest BCUT2D eigenvalue weighted by atomic mass is 32.2. The van der Waals surface area contributed by atoms with Crippen LogP contribution in [0.3, 0.4) is 0 Å². The number of aromatic nitrogens is 2. The third-order valence-corrected chi connectivity index (χ3v) is 3.51. The van der Waals surface area contributed by atoms with Gasteiger partial charge in [0.15, 0.2) is 5.16 Å². The van der Waals surface area contributed by atoms with E-state index >= 15 is 0 Å². The fourth-order valence-electron chi connectivity index (χ4n) is 1.90. The molecule has 0 saturated heterocycles. The summed E-state index contributed by atoms with van der Waals surface area (Å²) in [6.45, 7) is 2.90. The lowest BCUT2D eigenvalue weighted by atomic mass is 10.2. The van der Waals surface area contributed by atoms with Crippen LogP contribution in [-0.2, 0) is 19.8 Å². The van der Waals surface area contributed by atoms with Crippen molar-refractivity contribution in [2.75, 3.05) is 6.26 Å². The van der Waals surface area contributed by atoms with E-state index in [1.54, 1.807) is 11.8 Å². The number of hydrogen-bond acceptors (Lipinski definition) is 4. The lowest BCUT2D eigenvalue weighted by Crippen LogP contribution is -2.06. The summed E-state index contributed by atoms with van der Waals surface area (Å²) >= 11 is 1.55. The molecule has 0 spiro atoms. The van der Waals surface area contributed by atoms with E-state index < -0.39 is 0 Å². The third-order valence-electron chi connectivity index (χ3n) is 2.84. The zero-order chi connectivity index (χ0) is 12.7. The first-order chi connectivity index (χ1) is 8.28. The largest absolute Gasteiger partial charge is 0.390 e. The average Bonchev–Trinajstić information content (AvgIpc) is 2.71. The molecule has 0 aliphatic heterocycles. The summed E-state index contributed by atoms with van der Waals surface area (Å²) < 4.78 is 2.03. The van der Waals surface area contributed by atoms with Gasteiger partial charge in [0, 0.05) is 6.54 Å². The van der Waals surface area contributed by atoms with Crippen LogP contribution in [0.15, 0.2) is 5.16 Å². The summed E-state index contributed by atoms with van der Waals surface area (Å²) in [6, 6.07) is 0. The molecular formula is C12H22N2O2S. The Kier molecular flexibility index (Phi) is 6.62. The molecule has 0 saturated carbocycles. The second-order valence-corrected chi connectivity index (χ2v) is 4.79. The molecule has 98 valence electrons. The van der Waals surface area contributed by atoms with Gasteiger partial charge < -0.3 is 14.8 Å². The zero-order valence-electron chi connectivity index (χ0n) is 10.6. The second kappa shape index (κ2) is 7.74. The van der Waals surface area contributed by atoms with Gasteiger partial charge in [0.2, 0.25) is 0 Å². The molecule has 1 heterocycles. The lowest BCUT2D eigenvalue weighted by molar-refractivity contribution is 0.249. The molecule has 0 atom stereocenters. The van der Waals surface area contributed by atoms with Crippen LogP contribution in [0.5, 0.6) is 0 Å². The van der Waals surface area contributed by atoms with Gasteiger partial charge in [-0.05, 0) is 12.7 Å². The highest BCUT2D eigenvalue weighted by Gasteiger charge is 2.14. The highest BCUT2D eigenvalue weighted by molar-refractivity contribution is 7.98. The van der Waals surface area contributed by atoms with E-state index in [1.807, 2.05) is 10.8 Å². The van der Waals surface area contributed by atoms with Crippen molar-refractivity contribution in [1.82, 2.24) is 9.55 Å². The summed E-state index contributed by atoms with van der Waals surface area (Å²) in [5.41, 5.74) is 1.36. The molecule has 1 aromatic heterocycles. The van der Waals surface area contributed by atoms with Crippen LogP contribution in [0, 0.1) is 0 Å². The van der Waals surface area contributed by atoms with Gasteiger partial charge in [0.1, 0.15) is 0 Å². The Labute approximate surface area is 107 Å². The van der Waals surface area contributed by atoms with Crippen LogP contribution < -0.4 is 0 Å². The van der Waals surface area contributed by atoms with E-state index in [0.29, 0.717) is 5.69 Å². The quantitative estimate of drug-likeness (QED) is 0.554. The Bertz CT molecular complexity index is 339. The van der Waals surface area contributed by atoms with Crippen molar-refractivity contribution < 1.29 is 10.2 Å². The van der Waals surface area contributed by atoms with E-state index in [-0.39, 0.29) is 13.2 Å². The first-order valence-corrected chi connectivity index (χ1v) is 7.34. The van der Waals surface area contributed by atoms with Gasteiger partial charge in [-0.1, -0.05) is 37.9 Å². The summed E-state index contributed by atoms with van der Waals surface area (Å²) in [7, 11) is 0. The smallest absolute Gasteiger partial charge is 0.168 e. The number of nitrogens with zero attached hydrogens (tertiary/aromatic N) is 2. The number of rotatable bonds is 8. The number of thioether (sulfide) groups is 1. The minimum atomic E-state index is -0.106. The molecule has 5 heteroatoms. The molecule has 0 unspecified atom stereocenters. The van der Waals surface area contributed by atoms with Crippen LogP contribution in [-0.4, -0.2) is 26.0 Å². The lowest BCUT2D eigenvalue weighted by Gasteiger charge is -2.09. The molecule has 17 heavy (non-hydrogen) atoms. The van der Waals surface area contributed by atoms with Gasteiger partial charge in [-0.25, -0.2) is 4.98 Å². The van der Waals surface area contributed by atoms with Gasteiger partial charge in [-0.15, -0.1) is 0 Å². The first-order valence-electron chi connectivity index (χ1n) is 6.12. The van der Waals surface area contributed by atoms with Gasteiger partial charge in [-0.2, -0.15) is 0 Å².